The monoisotopic (exact) mass is 471 g/mol. The van der Waals surface area contributed by atoms with Crippen LogP contribution in [0.2, 0.25) is 0 Å². The summed E-state index contributed by atoms with van der Waals surface area (Å²) in [6.45, 7) is 0. The molecule has 2 aromatic heterocycles. The number of nitrogens with zero attached hydrogens (tertiary/aromatic N) is 3. The number of benzene rings is 2. The predicted molar refractivity (Wildman–Crippen MR) is 113 cm³/mol. The van der Waals surface area contributed by atoms with Crippen molar-refractivity contribution >= 4 is 36.8 Å². The fourth-order valence-electron chi connectivity index (χ4n) is 3.25. The van der Waals surface area contributed by atoms with Crippen LogP contribution in [-0.4, -0.2) is 29.6 Å². The van der Waals surface area contributed by atoms with Crippen molar-refractivity contribution in [3.8, 4) is 11.1 Å². The number of halogens is 2. The molecule has 0 fully saturated rings. The summed E-state index contributed by atoms with van der Waals surface area (Å²) in [5.41, 5.74) is 4.09. The van der Waals surface area contributed by atoms with E-state index in [1.54, 1.807) is 30.7 Å². The Kier molecular flexibility index (Phi) is 5.14. The Hall–Kier alpha value is -2.71. The maximum Gasteiger partial charge on any atom is 0.175 e. The maximum atomic E-state index is 14.1. The van der Waals surface area contributed by atoms with Gasteiger partial charge < -0.3 is 0 Å². The van der Waals surface area contributed by atoms with Gasteiger partial charge in [-0.1, -0.05) is 6.07 Å². The molecular formula is C21H15BrFN3O2S. The molecule has 0 radical (unpaired) electrons. The highest BCUT2D eigenvalue weighted by atomic mass is 79.9. The first-order valence-corrected chi connectivity index (χ1v) is 11.3. The van der Waals surface area contributed by atoms with Gasteiger partial charge in [-0.25, -0.2) is 12.8 Å². The van der Waals surface area contributed by atoms with Crippen molar-refractivity contribution in [1.29, 1.82) is 0 Å². The lowest BCUT2D eigenvalue weighted by atomic mass is 9.97. The first-order valence-electron chi connectivity index (χ1n) is 8.65. The molecule has 0 saturated heterocycles. The molecule has 2 aromatic carbocycles. The Morgan fingerprint density at radius 3 is 2.59 bits per heavy atom. The van der Waals surface area contributed by atoms with E-state index in [0.717, 1.165) is 11.1 Å². The van der Waals surface area contributed by atoms with Crippen LogP contribution in [0.4, 0.5) is 4.39 Å². The van der Waals surface area contributed by atoms with E-state index in [1.807, 2.05) is 12.1 Å². The van der Waals surface area contributed by atoms with Crippen LogP contribution in [0.5, 0.6) is 0 Å². The summed E-state index contributed by atoms with van der Waals surface area (Å²) in [6.07, 6.45) is 7.70. The highest BCUT2D eigenvalue weighted by Gasteiger charge is 2.16. The molecule has 4 rings (SSSR count). The number of rotatable bonds is 4. The van der Waals surface area contributed by atoms with Gasteiger partial charge in [0.1, 0.15) is 5.82 Å². The largest absolute Gasteiger partial charge is 0.264 e. The first kappa shape index (κ1) is 19.6. The summed E-state index contributed by atoms with van der Waals surface area (Å²) in [7, 11) is -3.39. The Morgan fingerprint density at radius 2 is 1.83 bits per heavy atom. The molecule has 0 aliphatic rings. The Bertz CT molecular complexity index is 1340. The van der Waals surface area contributed by atoms with E-state index in [2.05, 4.69) is 30.9 Å². The van der Waals surface area contributed by atoms with Gasteiger partial charge in [0, 0.05) is 43.0 Å². The number of aromatic nitrogens is 3. The van der Waals surface area contributed by atoms with E-state index < -0.39 is 9.84 Å². The molecule has 0 spiro atoms. The van der Waals surface area contributed by atoms with Crippen LogP contribution in [0.15, 0.2) is 70.6 Å². The van der Waals surface area contributed by atoms with Crippen LogP contribution >= 0.6 is 15.9 Å². The van der Waals surface area contributed by atoms with Crippen LogP contribution in [0, 0.1) is 5.82 Å². The molecule has 0 N–H and O–H groups in total. The fourth-order valence-corrected chi connectivity index (χ4v) is 4.40. The van der Waals surface area contributed by atoms with Crippen LogP contribution in [-0.2, 0) is 16.3 Å². The third-order valence-corrected chi connectivity index (χ3v) is 6.36. The number of sulfone groups is 1. The lowest BCUT2D eigenvalue weighted by Gasteiger charge is -2.12. The molecule has 0 aliphatic carbocycles. The molecular weight excluding hydrogens is 457 g/mol. The maximum absolute atomic E-state index is 14.1. The van der Waals surface area contributed by atoms with Gasteiger partial charge in [0.15, 0.2) is 9.84 Å². The average molecular weight is 472 g/mol. The third-order valence-electron chi connectivity index (χ3n) is 4.52. The lowest BCUT2D eigenvalue weighted by Crippen LogP contribution is -2.04. The second kappa shape index (κ2) is 7.61. The molecule has 0 unspecified atom stereocenters. The minimum absolute atomic E-state index is 0.239. The Morgan fingerprint density at radius 1 is 1.03 bits per heavy atom. The topological polar surface area (TPSA) is 72.8 Å². The fraction of sp³-hybridized carbons (Fsp3) is 0.0952. The van der Waals surface area contributed by atoms with Gasteiger partial charge in [0.05, 0.1) is 20.4 Å². The molecule has 0 saturated carbocycles. The number of hydrogen-bond acceptors (Lipinski definition) is 5. The van der Waals surface area contributed by atoms with Crippen molar-refractivity contribution < 1.29 is 12.8 Å². The molecule has 0 aliphatic heterocycles. The van der Waals surface area contributed by atoms with Crippen molar-refractivity contribution in [2.75, 3.05) is 6.26 Å². The van der Waals surface area contributed by atoms with Crippen LogP contribution < -0.4 is 0 Å². The van der Waals surface area contributed by atoms with E-state index in [1.165, 1.54) is 24.6 Å². The van der Waals surface area contributed by atoms with Gasteiger partial charge in [-0.15, -0.1) is 0 Å². The smallest absolute Gasteiger partial charge is 0.175 e. The summed E-state index contributed by atoms with van der Waals surface area (Å²) in [5.74, 6) is -0.378. The van der Waals surface area contributed by atoms with E-state index in [0.29, 0.717) is 33.1 Å². The van der Waals surface area contributed by atoms with Crippen molar-refractivity contribution in [3.05, 3.63) is 82.6 Å². The molecule has 2 heterocycles. The first-order chi connectivity index (χ1) is 13.8. The van der Waals surface area contributed by atoms with Crippen LogP contribution in [0.3, 0.4) is 0 Å². The predicted octanol–water partition coefficient (Wildman–Crippen LogP) is 4.59. The van der Waals surface area contributed by atoms with Gasteiger partial charge in [0.25, 0.3) is 0 Å². The van der Waals surface area contributed by atoms with E-state index in [4.69, 9.17) is 0 Å². The van der Waals surface area contributed by atoms with Gasteiger partial charge in [-0.3, -0.25) is 15.0 Å². The van der Waals surface area contributed by atoms with Gasteiger partial charge in [-0.05, 0) is 63.0 Å². The van der Waals surface area contributed by atoms with Crippen LogP contribution in [0.1, 0.15) is 11.1 Å². The summed E-state index contributed by atoms with van der Waals surface area (Å²) in [6, 6.07) is 10.1. The van der Waals surface area contributed by atoms with Crippen molar-refractivity contribution in [2.24, 2.45) is 0 Å². The number of pyridine rings is 1. The second-order valence-electron chi connectivity index (χ2n) is 6.63. The average Bonchev–Trinajstić information content (AvgIpc) is 2.69. The lowest BCUT2D eigenvalue weighted by molar-refractivity contribution is 0.600. The number of fused-ring (bicyclic) bond motifs is 1. The van der Waals surface area contributed by atoms with E-state index in [-0.39, 0.29) is 10.7 Å². The molecule has 4 aromatic rings. The van der Waals surface area contributed by atoms with E-state index >= 15 is 0 Å². The molecule has 5 nitrogen and oxygen atoms in total. The minimum atomic E-state index is -3.39. The zero-order valence-electron chi connectivity index (χ0n) is 15.3. The zero-order chi connectivity index (χ0) is 20.6. The SMILES string of the molecule is CS(=O)(=O)c1ccncc1Cc1cc(-c2ccc(Br)c(F)c2)c2nccnc2c1. The molecule has 0 amide bonds. The third kappa shape index (κ3) is 4.04. The van der Waals surface area contributed by atoms with Gasteiger partial charge in [0.2, 0.25) is 0 Å². The standard InChI is InChI=1S/C21H15BrFN3O2S/c1-29(27,28)20-4-5-24-12-15(20)8-13-9-16(14-2-3-17(22)18(23)11-14)21-19(10-13)25-6-7-26-21/h2-7,9-12H,8H2,1H3. The van der Waals surface area contributed by atoms with E-state index in [9.17, 15) is 12.8 Å². The zero-order valence-corrected chi connectivity index (χ0v) is 17.7. The summed E-state index contributed by atoms with van der Waals surface area (Å²) in [5, 5.41) is 0. The molecule has 8 heteroatoms. The molecule has 29 heavy (non-hydrogen) atoms. The second-order valence-corrected chi connectivity index (χ2v) is 9.47. The van der Waals surface area contributed by atoms with Crippen LogP contribution in [0.25, 0.3) is 22.2 Å². The summed E-state index contributed by atoms with van der Waals surface area (Å²) in [4.78, 5) is 13.1. The summed E-state index contributed by atoms with van der Waals surface area (Å²) < 4.78 is 38.8. The Labute approximate surface area is 175 Å². The van der Waals surface area contributed by atoms with Crippen molar-refractivity contribution in [2.45, 2.75) is 11.3 Å². The quantitative estimate of drug-likeness (QED) is 0.435. The number of hydrogen-bond donors (Lipinski definition) is 0. The molecule has 0 bridgehead atoms. The molecule has 0 atom stereocenters. The highest BCUT2D eigenvalue weighted by Crippen LogP contribution is 2.31. The normalized spacial score (nSPS) is 11.7. The summed E-state index contributed by atoms with van der Waals surface area (Å²) >= 11 is 3.17. The minimum Gasteiger partial charge on any atom is -0.264 e. The van der Waals surface area contributed by atoms with Crippen molar-refractivity contribution in [1.82, 2.24) is 15.0 Å². The van der Waals surface area contributed by atoms with Crippen molar-refractivity contribution in [3.63, 3.8) is 0 Å². The van der Waals surface area contributed by atoms with Gasteiger partial charge in [-0.2, -0.15) is 0 Å². The highest BCUT2D eigenvalue weighted by molar-refractivity contribution is 9.10. The molecule has 146 valence electrons. The Balaban J connectivity index is 1.89. The van der Waals surface area contributed by atoms with Gasteiger partial charge >= 0.3 is 0 Å².